The number of amides is 1. The topological polar surface area (TPSA) is 35.9 Å². The highest BCUT2D eigenvalue weighted by Crippen LogP contribution is 2.40. The minimum Gasteiger partial charge on any atom is -0.291 e. The Balaban J connectivity index is 2.11. The first-order chi connectivity index (χ1) is 12.1. The molecule has 4 nitrogen and oxygen atoms in total. The lowest BCUT2D eigenvalue weighted by Gasteiger charge is -2.37. The Kier molecular flexibility index (Phi) is 5.44. The van der Waals surface area contributed by atoms with E-state index in [0.29, 0.717) is 5.02 Å². The summed E-state index contributed by atoms with van der Waals surface area (Å²) in [4.78, 5) is 22.7. The first kappa shape index (κ1) is 19.7. The normalized spacial score (nSPS) is 25.9. The van der Waals surface area contributed by atoms with Gasteiger partial charge in [-0.2, -0.15) is 11.8 Å². The maximum Gasteiger partial charge on any atom is 0.240 e. The standard InChI is InChI=1S/C20H28ClN3OS/c1-19(2,3)22-17-16(23-10-12-26-13-11-23)20(4,5)18(25)24(17)15-8-6-14(21)7-9-15/h6-9,16H,10-13H2,1-5H3/t16-/m1/s1. The maximum absolute atomic E-state index is 13.4. The third-order valence-corrected chi connectivity index (χ3v) is 6.05. The van der Waals surface area contributed by atoms with Crippen LogP contribution < -0.4 is 4.90 Å². The molecule has 1 atom stereocenters. The van der Waals surface area contributed by atoms with Crippen LogP contribution in [0.1, 0.15) is 34.6 Å². The molecule has 0 N–H and O–H groups in total. The molecule has 142 valence electrons. The van der Waals surface area contributed by atoms with Crippen LogP contribution in [0, 0.1) is 5.41 Å². The molecule has 2 fully saturated rings. The van der Waals surface area contributed by atoms with Crippen LogP contribution in [-0.2, 0) is 4.79 Å². The molecule has 0 unspecified atom stereocenters. The van der Waals surface area contributed by atoms with Crippen molar-refractivity contribution in [2.24, 2.45) is 10.4 Å². The number of amidine groups is 1. The third kappa shape index (κ3) is 3.80. The van der Waals surface area contributed by atoms with E-state index in [4.69, 9.17) is 16.6 Å². The second-order valence-corrected chi connectivity index (χ2v) is 10.2. The van der Waals surface area contributed by atoms with Crippen molar-refractivity contribution < 1.29 is 4.79 Å². The Labute approximate surface area is 166 Å². The fraction of sp³-hybridized carbons (Fsp3) is 0.600. The van der Waals surface area contributed by atoms with Gasteiger partial charge in [-0.1, -0.05) is 11.6 Å². The van der Waals surface area contributed by atoms with Crippen molar-refractivity contribution >= 4 is 40.8 Å². The van der Waals surface area contributed by atoms with Crippen molar-refractivity contribution in [2.75, 3.05) is 29.5 Å². The quantitative estimate of drug-likeness (QED) is 0.750. The number of thioether (sulfide) groups is 1. The van der Waals surface area contributed by atoms with Crippen LogP contribution in [0.15, 0.2) is 29.3 Å². The second-order valence-electron chi connectivity index (χ2n) is 8.53. The molecule has 2 aliphatic rings. The molecule has 0 radical (unpaired) electrons. The molecule has 2 heterocycles. The number of benzene rings is 1. The molecule has 2 saturated heterocycles. The van der Waals surface area contributed by atoms with E-state index in [-0.39, 0.29) is 17.5 Å². The lowest BCUT2D eigenvalue weighted by Crippen LogP contribution is -2.51. The van der Waals surface area contributed by atoms with Crippen LogP contribution in [0.5, 0.6) is 0 Å². The predicted molar refractivity (Wildman–Crippen MR) is 113 cm³/mol. The van der Waals surface area contributed by atoms with Crippen molar-refractivity contribution in [3.8, 4) is 0 Å². The first-order valence-corrected chi connectivity index (χ1v) is 10.7. The molecule has 1 amide bonds. The van der Waals surface area contributed by atoms with Gasteiger partial charge in [0.1, 0.15) is 5.84 Å². The molecule has 0 bridgehead atoms. The van der Waals surface area contributed by atoms with Crippen molar-refractivity contribution in [2.45, 2.75) is 46.2 Å². The highest BCUT2D eigenvalue weighted by molar-refractivity contribution is 7.99. The molecule has 0 aliphatic carbocycles. The summed E-state index contributed by atoms with van der Waals surface area (Å²) in [5, 5.41) is 0.665. The average molecular weight is 394 g/mol. The SMILES string of the molecule is CC(C)(C)N=C1[C@@H](N2CCSCC2)C(C)(C)C(=O)N1c1ccc(Cl)cc1. The Morgan fingerprint density at radius 3 is 2.27 bits per heavy atom. The van der Waals surface area contributed by atoms with Gasteiger partial charge in [0.05, 0.1) is 22.7 Å². The third-order valence-electron chi connectivity index (χ3n) is 4.86. The van der Waals surface area contributed by atoms with E-state index in [1.54, 1.807) is 0 Å². The summed E-state index contributed by atoms with van der Waals surface area (Å²) in [6.45, 7) is 12.3. The number of hydrogen-bond acceptors (Lipinski definition) is 4. The highest BCUT2D eigenvalue weighted by atomic mass is 35.5. The first-order valence-electron chi connectivity index (χ1n) is 9.13. The highest BCUT2D eigenvalue weighted by Gasteiger charge is 2.55. The summed E-state index contributed by atoms with van der Waals surface area (Å²) >= 11 is 8.04. The molecular weight excluding hydrogens is 366 g/mol. The van der Waals surface area contributed by atoms with E-state index >= 15 is 0 Å². The molecule has 1 aromatic carbocycles. The smallest absolute Gasteiger partial charge is 0.240 e. The van der Waals surface area contributed by atoms with Gasteiger partial charge < -0.3 is 0 Å². The van der Waals surface area contributed by atoms with Gasteiger partial charge in [0.15, 0.2) is 0 Å². The van der Waals surface area contributed by atoms with Crippen LogP contribution >= 0.6 is 23.4 Å². The largest absolute Gasteiger partial charge is 0.291 e. The van der Waals surface area contributed by atoms with Gasteiger partial charge in [-0.15, -0.1) is 0 Å². The summed E-state index contributed by atoms with van der Waals surface area (Å²) in [5.41, 5.74) is 0.0549. The summed E-state index contributed by atoms with van der Waals surface area (Å²) in [7, 11) is 0. The average Bonchev–Trinajstić information content (AvgIpc) is 2.74. The predicted octanol–water partition coefficient (Wildman–Crippen LogP) is 4.33. The van der Waals surface area contributed by atoms with Crippen molar-refractivity contribution in [3.63, 3.8) is 0 Å². The Morgan fingerprint density at radius 1 is 1.15 bits per heavy atom. The van der Waals surface area contributed by atoms with Crippen LogP contribution in [0.2, 0.25) is 5.02 Å². The molecule has 1 aromatic rings. The second kappa shape index (κ2) is 7.17. The molecule has 6 heteroatoms. The molecule has 2 aliphatic heterocycles. The summed E-state index contributed by atoms with van der Waals surface area (Å²) in [5.74, 6) is 3.17. The van der Waals surface area contributed by atoms with Crippen molar-refractivity contribution in [1.82, 2.24) is 4.90 Å². The lowest BCUT2D eigenvalue weighted by atomic mass is 9.85. The van der Waals surface area contributed by atoms with Crippen LogP contribution in [0.3, 0.4) is 0 Å². The monoisotopic (exact) mass is 393 g/mol. The van der Waals surface area contributed by atoms with Gasteiger partial charge in [0.2, 0.25) is 5.91 Å². The zero-order chi connectivity index (χ0) is 19.1. The molecule has 26 heavy (non-hydrogen) atoms. The number of anilines is 1. The summed E-state index contributed by atoms with van der Waals surface area (Å²) in [6.07, 6.45) is 0. The zero-order valence-corrected chi connectivity index (χ0v) is 17.8. The number of rotatable bonds is 2. The van der Waals surface area contributed by atoms with Gasteiger partial charge in [0.25, 0.3) is 0 Å². The minimum atomic E-state index is -0.522. The number of carbonyl (C=O) groups is 1. The van der Waals surface area contributed by atoms with E-state index in [1.165, 1.54) is 0 Å². The maximum atomic E-state index is 13.4. The van der Waals surface area contributed by atoms with Gasteiger partial charge in [0, 0.05) is 29.6 Å². The van der Waals surface area contributed by atoms with Crippen LogP contribution in [-0.4, -0.2) is 52.8 Å². The summed E-state index contributed by atoms with van der Waals surface area (Å²) in [6, 6.07) is 7.46. The fourth-order valence-electron chi connectivity index (χ4n) is 3.70. The number of carbonyl (C=O) groups excluding carboxylic acids is 1. The van der Waals surface area contributed by atoms with E-state index in [2.05, 4.69) is 39.5 Å². The van der Waals surface area contributed by atoms with Gasteiger partial charge in [-0.3, -0.25) is 19.6 Å². The number of hydrogen-bond donors (Lipinski definition) is 0. The Hall–Kier alpha value is -1.04. The summed E-state index contributed by atoms with van der Waals surface area (Å²) < 4.78 is 0. The molecule has 0 spiro atoms. The van der Waals surface area contributed by atoms with Crippen LogP contribution in [0.25, 0.3) is 0 Å². The Morgan fingerprint density at radius 2 is 1.73 bits per heavy atom. The molecular formula is C20H28ClN3OS. The zero-order valence-electron chi connectivity index (χ0n) is 16.3. The molecule has 0 saturated carbocycles. The van der Waals surface area contributed by atoms with Gasteiger partial charge in [-0.05, 0) is 58.9 Å². The van der Waals surface area contributed by atoms with Gasteiger partial charge >= 0.3 is 0 Å². The van der Waals surface area contributed by atoms with Gasteiger partial charge in [-0.25, -0.2) is 0 Å². The molecule has 0 aromatic heterocycles. The Bertz CT molecular complexity index is 703. The van der Waals surface area contributed by atoms with E-state index in [9.17, 15) is 4.79 Å². The van der Waals surface area contributed by atoms with E-state index in [0.717, 1.165) is 36.1 Å². The number of aliphatic imine (C=N–C) groups is 1. The van der Waals surface area contributed by atoms with Crippen molar-refractivity contribution in [3.05, 3.63) is 29.3 Å². The number of nitrogens with zero attached hydrogens (tertiary/aromatic N) is 3. The number of halogens is 1. The van der Waals surface area contributed by atoms with Crippen LogP contribution in [0.4, 0.5) is 5.69 Å². The van der Waals surface area contributed by atoms with E-state index in [1.807, 2.05) is 40.9 Å². The fourth-order valence-corrected chi connectivity index (χ4v) is 4.76. The lowest BCUT2D eigenvalue weighted by molar-refractivity contribution is -0.125. The minimum absolute atomic E-state index is 0.00852. The molecule has 3 rings (SSSR count). The van der Waals surface area contributed by atoms with Crippen molar-refractivity contribution in [1.29, 1.82) is 0 Å². The van der Waals surface area contributed by atoms with E-state index < -0.39 is 5.41 Å².